The first kappa shape index (κ1) is 15.4. The summed E-state index contributed by atoms with van der Waals surface area (Å²) in [6.07, 6.45) is 3.66. The van der Waals surface area contributed by atoms with E-state index in [4.69, 9.17) is 10.5 Å². The monoisotopic (exact) mass is 265 g/mol. The molecule has 0 unspecified atom stereocenters. The summed E-state index contributed by atoms with van der Waals surface area (Å²) in [5.74, 6) is 0.305. The highest BCUT2D eigenvalue weighted by atomic mass is 16.5. The molecule has 0 aliphatic carbocycles. The zero-order valence-corrected chi connectivity index (χ0v) is 11.7. The smallest absolute Gasteiger partial charge is 0.251 e. The van der Waals surface area contributed by atoms with Crippen LogP contribution in [0, 0.1) is 0 Å². The van der Waals surface area contributed by atoms with Gasteiger partial charge in [-0.3, -0.25) is 4.79 Å². The Balaban J connectivity index is 2.51. The molecule has 0 aromatic carbocycles. The van der Waals surface area contributed by atoms with Gasteiger partial charge in [0.25, 0.3) is 5.91 Å². The van der Waals surface area contributed by atoms with E-state index in [1.54, 1.807) is 13.2 Å². The molecule has 3 N–H and O–H groups in total. The summed E-state index contributed by atoms with van der Waals surface area (Å²) in [5.41, 5.74) is 7.17. The number of nitrogens with zero attached hydrogens (tertiary/aromatic N) is 1. The molecule has 0 bridgehead atoms. The maximum Gasteiger partial charge on any atom is 0.251 e. The van der Waals surface area contributed by atoms with Gasteiger partial charge in [0, 0.05) is 31.5 Å². The molecule has 5 nitrogen and oxygen atoms in total. The highest BCUT2D eigenvalue weighted by Gasteiger charge is 2.08. The summed E-state index contributed by atoms with van der Waals surface area (Å²) in [6.45, 7) is 3.44. The van der Waals surface area contributed by atoms with Crippen LogP contribution in [0.2, 0.25) is 0 Å². The molecule has 0 fully saturated rings. The number of nitrogens with two attached hydrogens (primary N) is 1. The number of ether oxygens (including phenoxy) is 1. The minimum absolute atomic E-state index is 0.0936. The van der Waals surface area contributed by atoms with Crippen molar-refractivity contribution >= 4 is 11.7 Å². The molecule has 5 heteroatoms. The van der Waals surface area contributed by atoms with E-state index < -0.39 is 0 Å². The van der Waals surface area contributed by atoms with E-state index in [0.717, 1.165) is 38.0 Å². The number of pyridine rings is 1. The van der Waals surface area contributed by atoms with Gasteiger partial charge in [-0.1, -0.05) is 13.3 Å². The molecule has 1 aromatic rings. The van der Waals surface area contributed by atoms with E-state index in [9.17, 15) is 4.79 Å². The Morgan fingerprint density at radius 2 is 2.21 bits per heavy atom. The number of aromatic nitrogens is 1. The van der Waals surface area contributed by atoms with Gasteiger partial charge < -0.3 is 15.8 Å². The van der Waals surface area contributed by atoms with Crippen molar-refractivity contribution in [3.8, 4) is 0 Å². The van der Waals surface area contributed by atoms with E-state index in [-0.39, 0.29) is 5.91 Å². The Morgan fingerprint density at radius 3 is 2.89 bits per heavy atom. The fraction of sp³-hybridized carbons (Fsp3) is 0.571. The van der Waals surface area contributed by atoms with Gasteiger partial charge in [-0.15, -0.1) is 0 Å². The van der Waals surface area contributed by atoms with Crippen LogP contribution in [0.1, 0.15) is 42.2 Å². The summed E-state index contributed by atoms with van der Waals surface area (Å²) in [7, 11) is 1.67. The SMILES string of the molecule is CCCc1cc(C(=O)NCCCCOC)cc(N)n1. The number of aryl methyl sites for hydroxylation is 1. The lowest BCUT2D eigenvalue weighted by Crippen LogP contribution is -2.25. The summed E-state index contributed by atoms with van der Waals surface area (Å²) in [4.78, 5) is 16.2. The minimum atomic E-state index is -0.0936. The number of hydrogen-bond acceptors (Lipinski definition) is 4. The second kappa shape index (κ2) is 8.48. The topological polar surface area (TPSA) is 77.2 Å². The molecule has 0 spiro atoms. The molecule has 0 aliphatic heterocycles. The fourth-order valence-corrected chi connectivity index (χ4v) is 1.80. The third-order valence-electron chi connectivity index (χ3n) is 2.73. The van der Waals surface area contributed by atoms with E-state index in [1.807, 2.05) is 6.07 Å². The maximum atomic E-state index is 12.0. The fourth-order valence-electron chi connectivity index (χ4n) is 1.80. The molecule has 1 heterocycles. The number of carbonyl (C=O) groups excluding carboxylic acids is 1. The van der Waals surface area contributed by atoms with Crippen LogP contribution in [0.25, 0.3) is 0 Å². The molecular formula is C14H23N3O2. The van der Waals surface area contributed by atoms with Crippen LogP contribution >= 0.6 is 0 Å². The van der Waals surface area contributed by atoms with E-state index in [0.29, 0.717) is 17.9 Å². The number of nitrogen functional groups attached to an aromatic ring is 1. The zero-order valence-electron chi connectivity index (χ0n) is 11.7. The first-order chi connectivity index (χ1) is 9.17. The Morgan fingerprint density at radius 1 is 1.42 bits per heavy atom. The van der Waals surface area contributed by atoms with Crippen molar-refractivity contribution in [2.24, 2.45) is 0 Å². The average Bonchev–Trinajstić information content (AvgIpc) is 2.38. The third-order valence-corrected chi connectivity index (χ3v) is 2.73. The number of amides is 1. The lowest BCUT2D eigenvalue weighted by molar-refractivity contribution is 0.0951. The first-order valence-electron chi connectivity index (χ1n) is 6.71. The van der Waals surface area contributed by atoms with Gasteiger partial charge in [-0.2, -0.15) is 0 Å². The van der Waals surface area contributed by atoms with E-state index in [2.05, 4.69) is 17.2 Å². The van der Waals surface area contributed by atoms with Gasteiger partial charge in [0.05, 0.1) is 0 Å². The average molecular weight is 265 g/mol. The van der Waals surface area contributed by atoms with Gasteiger partial charge in [-0.25, -0.2) is 4.98 Å². The van der Waals surface area contributed by atoms with Crippen LogP contribution in [-0.4, -0.2) is 31.2 Å². The molecule has 0 saturated carbocycles. The van der Waals surface area contributed by atoms with Crippen molar-refractivity contribution in [1.82, 2.24) is 10.3 Å². The number of nitrogens with one attached hydrogen (secondary N) is 1. The number of hydrogen-bond donors (Lipinski definition) is 2. The minimum Gasteiger partial charge on any atom is -0.385 e. The van der Waals surface area contributed by atoms with Crippen LogP contribution in [0.5, 0.6) is 0 Å². The summed E-state index contributed by atoms with van der Waals surface area (Å²) < 4.78 is 4.95. The van der Waals surface area contributed by atoms with Crippen LogP contribution in [-0.2, 0) is 11.2 Å². The summed E-state index contributed by atoms with van der Waals surface area (Å²) in [5, 5.41) is 2.88. The standard InChI is InChI=1S/C14H23N3O2/c1-3-6-12-9-11(10-13(15)17-12)14(18)16-7-4-5-8-19-2/h9-10H,3-8H2,1-2H3,(H2,15,17)(H,16,18). The van der Waals surface area contributed by atoms with Crippen molar-refractivity contribution in [3.05, 3.63) is 23.4 Å². The highest BCUT2D eigenvalue weighted by molar-refractivity contribution is 5.94. The first-order valence-corrected chi connectivity index (χ1v) is 6.71. The molecule has 0 atom stereocenters. The Labute approximate surface area is 114 Å². The van der Waals surface area contributed by atoms with Crippen molar-refractivity contribution in [2.45, 2.75) is 32.6 Å². The van der Waals surface area contributed by atoms with Crippen LogP contribution in [0.4, 0.5) is 5.82 Å². The number of unbranched alkanes of at least 4 members (excludes halogenated alkanes) is 1. The van der Waals surface area contributed by atoms with Gasteiger partial charge in [0.15, 0.2) is 0 Å². The molecular weight excluding hydrogens is 242 g/mol. The summed E-state index contributed by atoms with van der Waals surface area (Å²) in [6, 6.07) is 3.42. The second-order valence-electron chi connectivity index (χ2n) is 4.48. The van der Waals surface area contributed by atoms with Gasteiger partial charge >= 0.3 is 0 Å². The number of carbonyl (C=O) groups is 1. The normalized spacial score (nSPS) is 10.4. The lowest BCUT2D eigenvalue weighted by atomic mass is 10.1. The number of methoxy groups -OCH3 is 1. The Hall–Kier alpha value is -1.62. The van der Waals surface area contributed by atoms with E-state index >= 15 is 0 Å². The number of rotatable bonds is 8. The molecule has 19 heavy (non-hydrogen) atoms. The largest absolute Gasteiger partial charge is 0.385 e. The number of anilines is 1. The van der Waals surface area contributed by atoms with Gasteiger partial charge in [0.1, 0.15) is 5.82 Å². The van der Waals surface area contributed by atoms with Crippen LogP contribution in [0.15, 0.2) is 12.1 Å². The second-order valence-corrected chi connectivity index (χ2v) is 4.48. The Bertz CT molecular complexity index is 408. The molecule has 1 aromatic heterocycles. The molecule has 0 aliphatic rings. The maximum absolute atomic E-state index is 12.0. The van der Waals surface area contributed by atoms with Crippen LogP contribution in [0.3, 0.4) is 0 Å². The van der Waals surface area contributed by atoms with Gasteiger partial charge in [0.2, 0.25) is 0 Å². The lowest BCUT2D eigenvalue weighted by Gasteiger charge is -2.07. The van der Waals surface area contributed by atoms with E-state index in [1.165, 1.54) is 0 Å². The zero-order chi connectivity index (χ0) is 14.1. The molecule has 0 saturated heterocycles. The van der Waals surface area contributed by atoms with Gasteiger partial charge in [-0.05, 0) is 31.4 Å². The van der Waals surface area contributed by atoms with Crippen molar-refractivity contribution in [3.63, 3.8) is 0 Å². The molecule has 0 radical (unpaired) electrons. The molecule has 1 amide bonds. The summed E-state index contributed by atoms with van der Waals surface area (Å²) >= 11 is 0. The molecule has 1 rings (SSSR count). The van der Waals surface area contributed by atoms with Crippen molar-refractivity contribution in [1.29, 1.82) is 0 Å². The van der Waals surface area contributed by atoms with Crippen molar-refractivity contribution in [2.75, 3.05) is 26.0 Å². The Kier molecular flexibility index (Phi) is 6.89. The van der Waals surface area contributed by atoms with Crippen LogP contribution < -0.4 is 11.1 Å². The van der Waals surface area contributed by atoms with Crippen molar-refractivity contribution < 1.29 is 9.53 Å². The highest BCUT2D eigenvalue weighted by Crippen LogP contribution is 2.09. The molecule has 106 valence electrons. The third kappa shape index (κ3) is 5.70. The predicted molar refractivity (Wildman–Crippen MR) is 76.1 cm³/mol. The predicted octanol–water partition coefficient (Wildman–Crippen LogP) is 1.77. The quantitative estimate of drug-likeness (QED) is 0.702.